The maximum Gasteiger partial charge on any atom is 0.335 e. The van der Waals surface area contributed by atoms with Gasteiger partial charge in [0.05, 0.1) is 22.7 Å². The van der Waals surface area contributed by atoms with E-state index >= 15 is 0 Å². The number of carboxylic acids is 1. The van der Waals surface area contributed by atoms with Crippen molar-refractivity contribution < 1.29 is 27.9 Å². The highest BCUT2D eigenvalue weighted by Gasteiger charge is 2.31. The minimum absolute atomic E-state index is 0.0524. The minimum atomic E-state index is -3.91. The van der Waals surface area contributed by atoms with E-state index in [9.17, 15) is 18.0 Å². The van der Waals surface area contributed by atoms with Crippen LogP contribution in [0.2, 0.25) is 5.02 Å². The first-order valence-corrected chi connectivity index (χ1v) is 12.2. The number of rotatable bonds is 7. The van der Waals surface area contributed by atoms with Crippen molar-refractivity contribution in [3.63, 3.8) is 0 Å². The Balaban J connectivity index is 1.49. The van der Waals surface area contributed by atoms with Crippen LogP contribution in [-0.2, 0) is 16.4 Å². The largest absolute Gasteiger partial charge is 0.489 e. The third-order valence-electron chi connectivity index (χ3n) is 5.33. The molecular weight excluding hydrogens is 480 g/mol. The van der Waals surface area contributed by atoms with E-state index in [0.29, 0.717) is 23.7 Å². The molecule has 34 heavy (non-hydrogen) atoms. The zero-order chi connectivity index (χ0) is 24.3. The Bertz CT molecular complexity index is 1340. The zero-order valence-corrected chi connectivity index (χ0v) is 19.5. The summed E-state index contributed by atoms with van der Waals surface area (Å²) < 4.78 is 33.3. The number of fused-ring (bicyclic) bond motifs is 1. The lowest BCUT2D eigenvalue weighted by Gasteiger charge is -2.30. The molecule has 0 fully saturated rings. The van der Waals surface area contributed by atoms with Gasteiger partial charge in [0.2, 0.25) is 0 Å². The van der Waals surface area contributed by atoms with E-state index in [4.69, 9.17) is 21.4 Å². The maximum atomic E-state index is 13.3. The molecule has 1 aliphatic rings. The van der Waals surface area contributed by atoms with Gasteiger partial charge in [0.15, 0.2) is 0 Å². The Kier molecular flexibility index (Phi) is 6.76. The summed E-state index contributed by atoms with van der Waals surface area (Å²) in [6, 6.07) is 17.1. The van der Waals surface area contributed by atoms with Crippen LogP contribution in [-0.4, -0.2) is 45.1 Å². The zero-order valence-electron chi connectivity index (χ0n) is 17.9. The second-order valence-corrected chi connectivity index (χ2v) is 9.87. The smallest absolute Gasteiger partial charge is 0.335 e. The molecular formula is C24H21ClN2O6S. The molecule has 0 saturated heterocycles. The Morgan fingerprint density at radius 3 is 2.47 bits per heavy atom. The highest BCUT2D eigenvalue weighted by atomic mass is 35.5. The SMILES string of the molecule is O=C(O)c1ccc(CCNC(=O)c2ccc3c(c2)N(S(=O)(=O)c2cccc(Cl)c2)CCO3)cc1. The van der Waals surface area contributed by atoms with Crippen LogP contribution in [0.5, 0.6) is 5.75 Å². The molecule has 0 radical (unpaired) electrons. The first kappa shape index (κ1) is 23.6. The topological polar surface area (TPSA) is 113 Å². The number of nitrogens with zero attached hydrogens (tertiary/aromatic N) is 1. The molecule has 8 nitrogen and oxygen atoms in total. The number of carbonyl (C=O) groups is 2. The second kappa shape index (κ2) is 9.74. The molecule has 0 unspecified atom stereocenters. The maximum absolute atomic E-state index is 13.3. The van der Waals surface area contributed by atoms with E-state index in [1.807, 2.05) is 0 Å². The molecule has 0 spiro atoms. The van der Waals surface area contributed by atoms with E-state index in [1.54, 1.807) is 36.4 Å². The Morgan fingerprint density at radius 1 is 1.03 bits per heavy atom. The summed E-state index contributed by atoms with van der Waals surface area (Å²) in [5, 5.41) is 12.1. The molecule has 2 N–H and O–H groups in total. The minimum Gasteiger partial charge on any atom is -0.489 e. The van der Waals surface area contributed by atoms with Gasteiger partial charge < -0.3 is 15.2 Å². The van der Waals surface area contributed by atoms with Crippen molar-refractivity contribution >= 4 is 39.2 Å². The molecule has 1 amide bonds. The van der Waals surface area contributed by atoms with Crippen molar-refractivity contribution in [2.24, 2.45) is 0 Å². The number of carboxylic acid groups (broad SMARTS) is 1. The first-order valence-electron chi connectivity index (χ1n) is 10.4. The number of hydrogen-bond donors (Lipinski definition) is 2. The normalized spacial score (nSPS) is 13.0. The van der Waals surface area contributed by atoms with Gasteiger partial charge in [0.1, 0.15) is 12.4 Å². The summed E-state index contributed by atoms with van der Waals surface area (Å²) in [7, 11) is -3.91. The number of nitrogens with one attached hydrogen (secondary N) is 1. The monoisotopic (exact) mass is 500 g/mol. The van der Waals surface area contributed by atoms with Gasteiger partial charge in [-0.15, -0.1) is 0 Å². The van der Waals surface area contributed by atoms with Crippen LogP contribution < -0.4 is 14.4 Å². The predicted octanol–water partition coefficient (Wildman–Crippen LogP) is 3.60. The number of carbonyl (C=O) groups excluding carboxylic acids is 1. The van der Waals surface area contributed by atoms with Crippen LogP contribution in [0.4, 0.5) is 5.69 Å². The highest BCUT2D eigenvalue weighted by molar-refractivity contribution is 7.92. The molecule has 3 aromatic rings. The van der Waals surface area contributed by atoms with E-state index in [2.05, 4.69) is 5.32 Å². The fraction of sp³-hybridized carbons (Fsp3) is 0.167. The quantitative estimate of drug-likeness (QED) is 0.512. The van der Waals surface area contributed by atoms with Gasteiger partial charge in [-0.05, 0) is 60.5 Å². The molecule has 0 aromatic heterocycles. The average molecular weight is 501 g/mol. The van der Waals surface area contributed by atoms with Gasteiger partial charge in [0.25, 0.3) is 15.9 Å². The third-order valence-corrected chi connectivity index (χ3v) is 7.37. The van der Waals surface area contributed by atoms with Crippen molar-refractivity contribution in [1.29, 1.82) is 0 Å². The standard InChI is InChI=1S/C24H21ClN2O6S/c25-19-2-1-3-20(15-19)34(31,32)27-12-13-33-22-9-8-18(14-21(22)27)23(28)26-11-10-16-4-6-17(7-5-16)24(29)30/h1-9,14-15H,10-13H2,(H,26,28)(H,29,30). The molecule has 3 aromatic carbocycles. The number of amides is 1. The lowest BCUT2D eigenvalue weighted by atomic mass is 10.1. The van der Waals surface area contributed by atoms with Crippen molar-refractivity contribution in [2.45, 2.75) is 11.3 Å². The van der Waals surface area contributed by atoms with Gasteiger partial charge >= 0.3 is 5.97 Å². The van der Waals surface area contributed by atoms with Crippen LogP contribution in [0, 0.1) is 0 Å². The van der Waals surface area contributed by atoms with Crippen LogP contribution in [0.1, 0.15) is 26.3 Å². The molecule has 10 heteroatoms. The molecule has 0 aliphatic carbocycles. The number of hydrogen-bond acceptors (Lipinski definition) is 5. The number of anilines is 1. The Morgan fingerprint density at radius 2 is 1.76 bits per heavy atom. The Labute approximate surface area is 201 Å². The fourth-order valence-corrected chi connectivity index (χ4v) is 5.33. The van der Waals surface area contributed by atoms with Crippen molar-refractivity contribution in [3.05, 3.63) is 88.4 Å². The third kappa shape index (κ3) is 5.00. The van der Waals surface area contributed by atoms with Crippen LogP contribution in [0.3, 0.4) is 0 Å². The first-order chi connectivity index (χ1) is 16.3. The van der Waals surface area contributed by atoms with Crippen LogP contribution in [0.15, 0.2) is 71.6 Å². The van der Waals surface area contributed by atoms with Gasteiger partial charge in [-0.3, -0.25) is 9.10 Å². The molecule has 0 bridgehead atoms. The van der Waals surface area contributed by atoms with E-state index in [0.717, 1.165) is 5.56 Å². The molecule has 0 saturated carbocycles. The van der Waals surface area contributed by atoms with Crippen molar-refractivity contribution in [1.82, 2.24) is 5.32 Å². The van der Waals surface area contributed by atoms with Gasteiger partial charge in [-0.1, -0.05) is 29.8 Å². The molecule has 1 aliphatic heterocycles. The lowest BCUT2D eigenvalue weighted by Crippen LogP contribution is -2.38. The summed E-state index contributed by atoms with van der Waals surface area (Å²) in [5.41, 5.74) is 1.64. The lowest BCUT2D eigenvalue weighted by molar-refractivity contribution is 0.0696. The fourth-order valence-electron chi connectivity index (χ4n) is 3.58. The summed E-state index contributed by atoms with van der Waals surface area (Å²) in [6.45, 7) is 0.599. The highest BCUT2D eigenvalue weighted by Crippen LogP contribution is 2.36. The number of benzene rings is 3. The van der Waals surface area contributed by atoms with Gasteiger partial charge in [0, 0.05) is 17.1 Å². The number of ether oxygens (including phenoxy) is 1. The molecule has 4 rings (SSSR count). The summed E-state index contributed by atoms with van der Waals surface area (Å²) >= 11 is 5.98. The second-order valence-electron chi connectivity index (χ2n) is 7.57. The summed E-state index contributed by atoms with van der Waals surface area (Å²) in [6.07, 6.45) is 0.509. The molecule has 1 heterocycles. The molecule has 176 valence electrons. The van der Waals surface area contributed by atoms with Crippen molar-refractivity contribution in [3.8, 4) is 5.75 Å². The predicted molar refractivity (Wildman–Crippen MR) is 127 cm³/mol. The van der Waals surface area contributed by atoms with Crippen molar-refractivity contribution in [2.75, 3.05) is 24.0 Å². The van der Waals surface area contributed by atoms with Gasteiger partial charge in [-0.25, -0.2) is 13.2 Å². The molecule has 0 atom stereocenters. The number of halogens is 1. The summed E-state index contributed by atoms with van der Waals surface area (Å²) in [5.74, 6) is -0.995. The van der Waals surface area contributed by atoms with Gasteiger partial charge in [-0.2, -0.15) is 0 Å². The number of aromatic carboxylic acids is 1. The number of sulfonamides is 1. The van der Waals surface area contributed by atoms with E-state index in [-0.39, 0.29) is 40.8 Å². The van der Waals surface area contributed by atoms with E-state index in [1.165, 1.54) is 34.6 Å². The Hall–Kier alpha value is -3.56. The summed E-state index contributed by atoms with van der Waals surface area (Å²) in [4.78, 5) is 23.7. The van der Waals surface area contributed by atoms with Crippen LogP contribution >= 0.6 is 11.6 Å². The van der Waals surface area contributed by atoms with Crippen LogP contribution in [0.25, 0.3) is 0 Å². The van der Waals surface area contributed by atoms with E-state index < -0.39 is 16.0 Å². The average Bonchev–Trinajstić information content (AvgIpc) is 2.83.